The van der Waals surface area contributed by atoms with Crippen molar-refractivity contribution in [2.24, 2.45) is 0 Å². The van der Waals surface area contributed by atoms with Crippen LogP contribution < -0.4 is 19.1 Å². The first kappa shape index (κ1) is 32.0. The van der Waals surface area contributed by atoms with E-state index in [2.05, 4.69) is 21.2 Å². The van der Waals surface area contributed by atoms with E-state index in [4.69, 9.17) is 9.47 Å². The van der Waals surface area contributed by atoms with Crippen LogP contribution in [0.4, 0.5) is 5.69 Å². The van der Waals surface area contributed by atoms with E-state index in [0.717, 1.165) is 26.3 Å². The summed E-state index contributed by atoms with van der Waals surface area (Å²) in [6, 6.07) is 17.6. The Morgan fingerprint density at radius 2 is 1.63 bits per heavy atom. The van der Waals surface area contributed by atoms with Crippen LogP contribution in [0.3, 0.4) is 0 Å². The van der Waals surface area contributed by atoms with Gasteiger partial charge in [0.2, 0.25) is 11.8 Å². The minimum atomic E-state index is -4.25. The molecule has 3 aromatic rings. The maximum atomic E-state index is 14.1. The summed E-state index contributed by atoms with van der Waals surface area (Å²) in [5.41, 5.74) is 1.80. The fourth-order valence-electron chi connectivity index (χ4n) is 4.11. The molecule has 0 fully saturated rings. The van der Waals surface area contributed by atoms with Crippen LogP contribution >= 0.6 is 15.9 Å². The third kappa shape index (κ3) is 8.01. The third-order valence-corrected chi connectivity index (χ3v) is 8.83. The van der Waals surface area contributed by atoms with Crippen molar-refractivity contribution in [2.75, 3.05) is 31.6 Å². The standard InChI is InChI=1S/C30H36BrN3O6S/c1-6-17-32-30(36)22(3)33(19-23-9-11-24(31)12-10-23)29(35)20-34(27-18-25(39-4)13-16-28(27)40-5)41(37,38)26-14-7-21(2)8-15-26/h7-16,18,22H,6,17,19-20H2,1-5H3,(H,32,36). The van der Waals surface area contributed by atoms with Crippen molar-refractivity contribution in [3.05, 3.63) is 82.3 Å². The summed E-state index contributed by atoms with van der Waals surface area (Å²) in [6.07, 6.45) is 0.733. The normalized spacial score (nSPS) is 11.9. The van der Waals surface area contributed by atoms with Crippen LogP contribution in [0.1, 0.15) is 31.4 Å². The predicted octanol–water partition coefficient (Wildman–Crippen LogP) is 4.91. The van der Waals surface area contributed by atoms with Crippen molar-refractivity contribution < 1.29 is 27.5 Å². The van der Waals surface area contributed by atoms with Gasteiger partial charge in [0.25, 0.3) is 10.0 Å². The van der Waals surface area contributed by atoms with E-state index in [1.807, 2.05) is 38.1 Å². The maximum Gasteiger partial charge on any atom is 0.264 e. The molecule has 0 aromatic heterocycles. The van der Waals surface area contributed by atoms with E-state index in [1.54, 1.807) is 31.2 Å². The van der Waals surface area contributed by atoms with Gasteiger partial charge in [-0.3, -0.25) is 13.9 Å². The average Bonchev–Trinajstić information content (AvgIpc) is 2.97. The number of aryl methyl sites for hydroxylation is 1. The highest BCUT2D eigenvalue weighted by Gasteiger charge is 2.34. The number of nitrogens with one attached hydrogen (secondary N) is 1. The van der Waals surface area contributed by atoms with Crippen molar-refractivity contribution in [1.82, 2.24) is 10.2 Å². The molecule has 0 aliphatic heterocycles. The summed E-state index contributed by atoms with van der Waals surface area (Å²) in [7, 11) is -1.37. The topological polar surface area (TPSA) is 105 Å². The van der Waals surface area contributed by atoms with Crippen molar-refractivity contribution in [2.45, 2.75) is 44.7 Å². The lowest BCUT2D eigenvalue weighted by molar-refractivity contribution is -0.139. The first-order chi connectivity index (χ1) is 19.5. The predicted molar refractivity (Wildman–Crippen MR) is 163 cm³/mol. The SMILES string of the molecule is CCCNC(=O)C(C)N(Cc1ccc(Br)cc1)C(=O)CN(c1cc(OC)ccc1OC)S(=O)(=O)c1ccc(C)cc1. The number of halogens is 1. The van der Waals surface area contributed by atoms with E-state index < -0.39 is 28.5 Å². The van der Waals surface area contributed by atoms with E-state index in [-0.39, 0.29) is 28.8 Å². The smallest absolute Gasteiger partial charge is 0.264 e. The second kappa shape index (κ2) is 14.4. The highest BCUT2D eigenvalue weighted by atomic mass is 79.9. The van der Waals surface area contributed by atoms with Crippen molar-refractivity contribution >= 4 is 43.5 Å². The second-order valence-corrected chi connectivity index (χ2v) is 12.3. The summed E-state index contributed by atoms with van der Waals surface area (Å²) in [4.78, 5) is 28.5. The summed E-state index contributed by atoms with van der Waals surface area (Å²) < 4.78 is 40.9. The number of rotatable bonds is 13. The van der Waals surface area contributed by atoms with Crippen LogP contribution in [0.15, 0.2) is 76.1 Å². The van der Waals surface area contributed by atoms with Gasteiger partial charge in [-0.15, -0.1) is 0 Å². The molecule has 1 unspecified atom stereocenters. The number of carbonyl (C=O) groups excluding carboxylic acids is 2. The number of nitrogens with zero attached hydrogens (tertiary/aromatic N) is 2. The molecule has 9 nitrogen and oxygen atoms in total. The number of methoxy groups -OCH3 is 2. The Balaban J connectivity index is 2.10. The zero-order valence-corrected chi connectivity index (χ0v) is 26.3. The molecule has 0 aliphatic rings. The Morgan fingerprint density at radius 3 is 2.22 bits per heavy atom. The van der Waals surface area contributed by atoms with Gasteiger partial charge >= 0.3 is 0 Å². The van der Waals surface area contributed by atoms with Gasteiger partial charge in [0.1, 0.15) is 24.1 Å². The molecule has 1 atom stereocenters. The van der Waals surface area contributed by atoms with Gasteiger partial charge in [-0.2, -0.15) is 0 Å². The van der Waals surface area contributed by atoms with E-state index in [0.29, 0.717) is 12.3 Å². The lowest BCUT2D eigenvalue weighted by Gasteiger charge is -2.32. The second-order valence-electron chi connectivity index (χ2n) is 9.48. The van der Waals surface area contributed by atoms with Gasteiger partial charge < -0.3 is 19.7 Å². The molecule has 0 radical (unpaired) electrons. The van der Waals surface area contributed by atoms with Gasteiger partial charge in [0, 0.05) is 23.6 Å². The fourth-order valence-corrected chi connectivity index (χ4v) is 5.79. The monoisotopic (exact) mass is 645 g/mol. The van der Waals surface area contributed by atoms with Gasteiger partial charge in [-0.05, 0) is 62.2 Å². The number of amides is 2. The highest BCUT2D eigenvalue weighted by molar-refractivity contribution is 9.10. The number of anilines is 1. The largest absolute Gasteiger partial charge is 0.497 e. The van der Waals surface area contributed by atoms with Crippen LogP contribution in [-0.2, 0) is 26.2 Å². The first-order valence-corrected chi connectivity index (χ1v) is 15.4. The molecule has 3 rings (SSSR count). The summed E-state index contributed by atoms with van der Waals surface area (Å²) in [6.45, 7) is 5.39. The number of hydrogen-bond acceptors (Lipinski definition) is 6. The number of ether oxygens (including phenoxy) is 2. The Labute approximate surface area is 250 Å². The van der Waals surface area contributed by atoms with Crippen LogP contribution in [-0.4, -0.2) is 58.5 Å². The minimum absolute atomic E-state index is 0.00831. The van der Waals surface area contributed by atoms with Crippen molar-refractivity contribution in [3.8, 4) is 11.5 Å². The molecule has 3 aromatic carbocycles. The molecule has 0 heterocycles. The molecule has 0 saturated carbocycles. The van der Waals surface area contributed by atoms with Gasteiger partial charge in [-0.25, -0.2) is 8.42 Å². The van der Waals surface area contributed by atoms with E-state index >= 15 is 0 Å². The maximum absolute atomic E-state index is 14.1. The van der Waals surface area contributed by atoms with Crippen LogP contribution in [0.2, 0.25) is 0 Å². The van der Waals surface area contributed by atoms with Gasteiger partial charge in [0.05, 0.1) is 24.8 Å². The van der Waals surface area contributed by atoms with Crippen molar-refractivity contribution in [1.29, 1.82) is 0 Å². The Morgan fingerprint density at radius 1 is 0.976 bits per heavy atom. The molecule has 41 heavy (non-hydrogen) atoms. The van der Waals surface area contributed by atoms with Crippen LogP contribution in [0, 0.1) is 6.92 Å². The summed E-state index contributed by atoms with van der Waals surface area (Å²) in [5, 5.41) is 2.83. The molecule has 0 bridgehead atoms. The molecule has 0 aliphatic carbocycles. The van der Waals surface area contributed by atoms with Crippen LogP contribution in [0.25, 0.3) is 0 Å². The fraction of sp³-hybridized carbons (Fsp3) is 0.333. The third-order valence-electron chi connectivity index (χ3n) is 6.53. The lowest BCUT2D eigenvalue weighted by atomic mass is 10.1. The number of benzene rings is 3. The van der Waals surface area contributed by atoms with E-state index in [9.17, 15) is 18.0 Å². The average molecular weight is 647 g/mol. The summed E-state index contributed by atoms with van der Waals surface area (Å²) in [5.74, 6) is -0.268. The highest BCUT2D eigenvalue weighted by Crippen LogP contribution is 2.36. The Kier molecular flexibility index (Phi) is 11.2. The first-order valence-electron chi connectivity index (χ1n) is 13.1. The van der Waals surface area contributed by atoms with Gasteiger partial charge in [0.15, 0.2) is 0 Å². The molecular formula is C30H36BrN3O6S. The minimum Gasteiger partial charge on any atom is -0.497 e. The zero-order chi connectivity index (χ0) is 30.2. The number of carbonyl (C=O) groups is 2. The molecule has 2 amide bonds. The quantitative estimate of drug-likeness (QED) is 0.283. The van der Waals surface area contributed by atoms with Crippen molar-refractivity contribution in [3.63, 3.8) is 0 Å². The number of sulfonamides is 1. The molecular weight excluding hydrogens is 610 g/mol. The molecule has 220 valence electrons. The zero-order valence-electron chi connectivity index (χ0n) is 23.9. The molecule has 11 heteroatoms. The lowest BCUT2D eigenvalue weighted by Crippen LogP contribution is -2.51. The molecule has 0 saturated heterocycles. The summed E-state index contributed by atoms with van der Waals surface area (Å²) >= 11 is 3.41. The Bertz CT molecular complexity index is 1450. The molecule has 1 N–H and O–H groups in total. The molecule has 0 spiro atoms. The Hall–Kier alpha value is -3.57. The van der Waals surface area contributed by atoms with Gasteiger partial charge in [-0.1, -0.05) is 52.7 Å². The van der Waals surface area contributed by atoms with Crippen LogP contribution in [0.5, 0.6) is 11.5 Å². The number of hydrogen-bond donors (Lipinski definition) is 1. The van der Waals surface area contributed by atoms with E-state index in [1.165, 1.54) is 37.3 Å².